The van der Waals surface area contributed by atoms with Crippen molar-refractivity contribution in [2.45, 2.75) is 5.16 Å². The molecular weight excluding hydrogens is 328 g/mol. The first kappa shape index (κ1) is 15.8. The number of hydrogen-bond acceptors (Lipinski definition) is 3. The predicted molar refractivity (Wildman–Crippen MR) is 104 cm³/mol. The minimum atomic E-state index is 0.645. The van der Waals surface area contributed by atoms with Gasteiger partial charge in [0.1, 0.15) is 5.75 Å². The highest BCUT2D eigenvalue weighted by Gasteiger charge is 2.03. The maximum atomic E-state index is 5.83. The highest BCUT2D eigenvalue weighted by Crippen LogP contribution is 2.23. The fourth-order valence-corrected chi connectivity index (χ4v) is 3.37. The SMILES string of the molecule is c1ccc(-c2ccc(OCCSc3nc4ccccc4[nH]3)cc2)cc1. The first-order valence-corrected chi connectivity index (χ1v) is 9.23. The molecule has 1 N–H and O–H groups in total. The van der Waals surface area contributed by atoms with Crippen LogP contribution in [0.4, 0.5) is 0 Å². The van der Waals surface area contributed by atoms with Crippen LogP contribution in [0.2, 0.25) is 0 Å². The van der Waals surface area contributed by atoms with Gasteiger partial charge in [0.2, 0.25) is 0 Å². The average molecular weight is 346 g/mol. The summed E-state index contributed by atoms with van der Waals surface area (Å²) in [4.78, 5) is 7.87. The van der Waals surface area contributed by atoms with Crippen LogP contribution in [0.5, 0.6) is 5.75 Å². The summed E-state index contributed by atoms with van der Waals surface area (Å²) in [5.41, 5.74) is 4.49. The van der Waals surface area contributed by atoms with Gasteiger partial charge in [0.05, 0.1) is 17.6 Å². The number of nitrogens with zero attached hydrogens (tertiary/aromatic N) is 1. The van der Waals surface area contributed by atoms with E-state index in [1.54, 1.807) is 11.8 Å². The number of fused-ring (bicyclic) bond motifs is 1. The Kier molecular flexibility index (Phi) is 4.70. The van der Waals surface area contributed by atoms with E-state index in [4.69, 9.17) is 4.74 Å². The Labute approximate surface area is 151 Å². The van der Waals surface area contributed by atoms with Crippen molar-refractivity contribution >= 4 is 22.8 Å². The van der Waals surface area contributed by atoms with E-state index in [9.17, 15) is 0 Å². The van der Waals surface area contributed by atoms with Gasteiger partial charge in [-0.15, -0.1) is 0 Å². The number of H-pyrrole nitrogens is 1. The zero-order valence-electron chi connectivity index (χ0n) is 13.7. The number of hydrogen-bond donors (Lipinski definition) is 1. The van der Waals surface area contributed by atoms with E-state index in [2.05, 4.69) is 46.4 Å². The molecule has 124 valence electrons. The van der Waals surface area contributed by atoms with Crippen LogP contribution in [-0.2, 0) is 0 Å². The van der Waals surface area contributed by atoms with Crippen molar-refractivity contribution in [3.05, 3.63) is 78.9 Å². The van der Waals surface area contributed by atoms with Gasteiger partial charge in [0, 0.05) is 5.75 Å². The Morgan fingerprint density at radius 1 is 0.800 bits per heavy atom. The second-order valence-electron chi connectivity index (χ2n) is 5.65. The van der Waals surface area contributed by atoms with E-state index >= 15 is 0 Å². The molecule has 3 aromatic carbocycles. The summed E-state index contributed by atoms with van der Waals surface area (Å²) in [6.45, 7) is 0.645. The summed E-state index contributed by atoms with van der Waals surface area (Å²) < 4.78 is 5.83. The Bertz CT molecular complexity index is 915. The summed E-state index contributed by atoms with van der Waals surface area (Å²) in [5.74, 6) is 1.74. The molecule has 1 aromatic heterocycles. The number of ether oxygens (including phenoxy) is 1. The van der Waals surface area contributed by atoms with Crippen molar-refractivity contribution in [2.75, 3.05) is 12.4 Å². The second kappa shape index (κ2) is 7.45. The number of aromatic amines is 1. The lowest BCUT2D eigenvalue weighted by Crippen LogP contribution is -2.00. The summed E-state index contributed by atoms with van der Waals surface area (Å²) >= 11 is 1.67. The third-order valence-corrected chi connectivity index (χ3v) is 4.76. The molecule has 0 amide bonds. The molecule has 4 rings (SSSR count). The first-order valence-electron chi connectivity index (χ1n) is 8.24. The predicted octanol–water partition coefficient (Wildman–Crippen LogP) is 5.40. The quantitative estimate of drug-likeness (QED) is 0.375. The normalized spacial score (nSPS) is 10.9. The Hall–Kier alpha value is -2.72. The largest absolute Gasteiger partial charge is 0.493 e. The van der Waals surface area contributed by atoms with Crippen LogP contribution in [0.25, 0.3) is 22.2 Å². The third kappa shape index (κ3) is 3.86. The van der Waals surface area contributed by atoms with Crippen molar-refractivity contribution in [2.24, 2.45) is 0 Å². The van der Waals surface area contributed by atoms with E-state index in [0.717, 1.165) is 27.7 Å². The molecule has 0 unspecified atom stereocenters. The molecule has 0 saturated heterocycles. The standard InChI is InChI=1S/C21H18N2OS/c1-2-6-16(7-3-1)17-10-12-18(13-11-17)24-14-15-25-21-22-19-8-4-5-9-20(19)23-21/h1-13H,14-15H2,(H,22,23). The molecule has 3 nitrogen and oxygen atoms in total. The molecule has 0 aliphatic rings. The van der Waals surface area contributed by atoms with Crippen LogP contribution in [0.1, 0.15) is 0 Å². The van der Waals surface area contributed by atoms with Crippen LogP contribution in [0.3, 0.4) is 0 Å². The molecule has 0 aliphatic heterocycles. The van der Waals surface area contributed by atoms with E-state index in [-0.39, 0.29) is 0 Å². The van der Waals surface area contributed by atoms with Gasteiger partial charge >= 0.3 is 0 Å². The minimum absolute atomic E-state index is 0.645. The van der Waals surface area contributed by atoms with Crippen molar-refractivity contribution in [3.63, 3.8) is 0 Å². The van der Waals surface area contributed by atoms with Crippen LogP contribution in [-0.4, -0.2) is 22.3 Å². The number of benzene rings is 3. The van der Waals surface area contributed by atoms with Gasteiger partial charge in [-0.2, -0.15) is 0 Å². The van der Waals surface area contributed by atoms with E-state index in [1.807, 2.05) is 42.5 Å². The smallest absolute Gasteiger partial charge is 0.166 e. The van der Waals surface area contributed by atoms with Gasteiger partial charge in [0.25, 0.3) is 0 Å². The summed E-state index contributed by atoms with van der Waals surface area (Å²) in [7, 11) is 0. The number of rotatable bonds is 6. The van der Waals surface area contributed by atoms with Gasteiger partial charge in [-0.05, 0) is 35.4 Å². The van der Waals surface area contributed by atoms with Crippen LogP contribution >= 0.6 is 11.8 Å². The number of thioether (sulfide) groups is 1. The van der Waals surface area contributed by atoms with Crippen LogP contribution in [0.15, 0.2) is 84.0 Å². The number of aromatic nitrogens is 2. The molecule has 4 aromatic rings. The lowest BCUT2D eigenvalue weighted by atomic mass is 10.1. The summed E-state index contributed by atoms with van der Waals surface area (Å²) in [5, 5.41) is 0.934. The molecular formula is C21H18N2OS. The number of para-hydroxylation sites is 2. The molecule has 25 heavy (non-hydrogen) atoms. The second-order valence-corrected chi connectivity index (χ2v) is 6.73. The maximum Gasteiger partial charge on any atom is 0.166 e. The zero-order valence-corrected chi connectivity index (χ0v) is 14.5. The van der Waals surface area contributed by atoms with E-state index < -0.39 is 0 Å². The van der Waals surface area contributed by atoms with Gasteiger partial charge < -0.3 is 9.72 Å². The first-order chi connectivity index (χ1) is 12.4. The molecule has 0 saturated carbocycles. The Morgan fingerprint density at radius 2 is 1.52 bits per heavy atom. The molecule has 1 heterocycles. The Morgan fingerprint density at radius 3 is 2.32 bits per heavy atom. The minimum Gasteiger partial charge on any atom is -0.493 e. The van der Waals surface area contributed by atoms with Crippen molar-refractivity contribution in [1.29, 1.82) is 0 Å². The lowest BCUT2D eigenvalue weighted by molar-refractivity contribution is 0.344. The van der Waals surface area contributed by atoms with Gasteiger partial charge in [-0.3, -0.25) is 0 Å². The van der Waals surface area contributed by atoms with Crippen molar-refractivity contribution in [3.8, 4) is 16.9 Å². The molecule has 4 heteroatoms. The fourth-order valence-electron chi connectivity index (χ4n) is 2.67. The van der Waals surface area contributed by atoms with E-state index in [0.29, 0.717) is 6.61 Å². The Balaban J connectivity index is 1.30. The zero-order chi connectivity index (χ0) is 16.9. The highest BCUT2D eigenvalue weighted by molar-refractivity contribution is 7.99. The molecule has 0 aliphatic carbocycles. The fraction of sp³-hybridized carbons (Fsp3) is 0.0952. The van der Waals surface area contributed by atoms with Crippen molar-refractivity contribution < 1.29 is 4.74 Å². The topological polar surface area (TPSA) is 37.9 Å². The van der Waals surface area contributed by atoms with Crippen LogP contribution < -0.4 is 4.74 Å². The van der Waals surface area contributed by atoms with Gasteiger partial charge in [-0.25, -0.2) is 4.98 Å². The molecule has 0 fully saturated rings. The summed E-state index contributed by atoms with van der Waals surface area (Å²) in [6, 6.07) is 26.6. The van der Waals surface area contributed by atoms with Gasteiger partial charge in [-0.1, -0.05) is 66.4 Å². The molecule has 0 atom stereocenters. The third-order valence-electron chi connectivity index (χ3n) is 3.92. The monoisotopic (exact) mass is 346 g/mol. The number of nitrogens with one attached hydrogen (secondary N) is 1. The average Bonchev–Trinajstić information content (AvgIpc) is 3.09. The maximum absolute atomic E-state index is 5.83. The highest BCUT2D eigenvalue weighted by atomic mass is 32.2. The number of imidazole rings is 1. The van der Waals surface area contributed by atoms with Gasteiger partial charge in [0.15, 0.2) is 5.16 Å². The van der Waals surface area contributed by atoms with Crippen molar-refractivity contribution in [1.82, 2.24) is 9.97 Å². The molecule has 0 radical (unpaired) electrons. The molecule has 0 spiro atoms. The lowest BCUT2D eigenvalue weighted by Gasteiger charge is -2.07. The van der Waals surface area contributed by atoms with E-state index in [1.165, 1.54) is 11.1 Å². The van der Waals surface area contributed by atoms with Crippen LogP contribution in [0, 0.1) is 0 Å². The summed E-state index contributed by atoms with van der Waals surface area (Å²) in [6.07, 6.45) is 0. The molecule has 0 bridgehead atoms.